The van der Waals surface area contributed by atoms with Crippen molar-refractivity contribution in [2.75, 3.05) is 0 Å². The largest absolute Gasteiger partial charge is 0.508 e. The van der Waals surface area contributed by atoms with Gasteiger partial charge in [-0.15, -0.1) is 5.10 Å². The Labute approximate surface area is 156 Å². The maximum absolute atomic E-state index is 10.4. The van der Waals surface area contributed by atoms with Crippen molar-refractivity contribution in [1.29, 1.82) is 0 Å². The normalized spacial score (nSPS) is 16.1. The van der Waals surface area contributed by atoms with Gasteiger partial charge in [-0.25, -0.2) is 4.57 Å². The van der Waals surface area contributed by atoms with E-state index in [2.05, 4.69) is 10.2 Å². The number of hydrogen-bond acceptors (Lipinski definition) is 6. The first-order chi connectivity index (χ1) is 12.8. The monoisotopic (exact) mass is 367 g/mol. The molecule has 7 heteroatoms. The third-order valence-corrected chi connectivity index (χ3v) is 5.01. The topological polar surface area (TPSA) is 112 Å². The summed E-state index contributed by atoms with van der Waals surface area (Å²) in [5.41, 5.74) is 3.75. The van der Waals surface area contributed by atoms with Gasteiger partial charge in [-0.1, -0.05) is 25.0 Å². The Morgan fingerprint density at radius 3 is 2.44 bits per heavy atom. The maximum Gasteiger partial charge on any atom is 0.319 e. The number of aromatic nitrogens is 3. The van der Waals surface area contributed by atoms with Crippen molar-refractivity contribution in [2.24, 2.45) is 0 Å². The predicted octanol–water partition coefficient (Wildman–Crippen LogP) is 2.63. The van der Waals surface area contributed by atoms with Gasteiger partial charge in [-0.2, -0.15) is 0 Å². The van der Waals surface area contributed by atoms with Gasteiger partial charge in [0.2, 0.25) is 0 Å². The van der Waals surface area contributed by atoms with Crippen molar-refractivity contribution in [3.8, 4) is 34.6 Å². The molecular weight excluding hydrogens is 346 g/mol. The van der Waals surface area contributed by atoms with E-state index in [-0.39, 0.29) is 35.4 Å². The third kappa shape index (κ3) is 2.90. The molecule has 3 aromatic rings. The van der Waals surface area contributed by atoms with Gasteiger partial charge in [-0.05, 0) is 53.6 Å². The lowest BCUT2D eigenvalue weighted by molar-refractivity contribution is 0.187. The molecule has 4 rings (SSSR count). The van der Waals surface area contributed by atoms with Crippen molar-refractivity contribution >= 4 is 0 Å². The van der Waals surface area contributed by atoms with Crippen LogP contribution in [0.5, 0.6) is 17.5 Å². The number of aromatic hydroxyl groups is 3. The lowest BCUT2D eigenvalue weighted by Crippen LogP contribution is -2.03. The van der Waals surface area contributed by atoms with E-state index in [0.717, 1.165) is 11.1 Å². The summed E-state index contributed by atoms with van der Waals surface area (Å²) in [6.07, 6.45) is 0.787. The molecule has 0 radical (unpaired) electrons. The van der Waals surface area contributed by atoms with Crippen LogP contribution in [0.2, 0.25) is 0 Å². The third-order valence-electron chi connectivity index (χ3n) is 5.01. The molecule has 1 unspecified atom stereocenters. The van der Waals surface area contributed by atoms with Crippen molar-refractivity contribution in [2.45, 2.75) is 38.7 Å². The summed E-state index contributed by atoms with van der Waals surface area (Å²) in [6.45, 7) is 3.87. The molecule has 1 heterocycles. The minimum Gasteiger partial charge on any atom is -0.508 e. The van der Waals surface area contributed by atoms with Gasteiger partial charge in [0.1, 0.15) is 11.5 Å². The quantitative estimate of drug-likeness (QED) is 0.566. The van der Waals surface area contributed by atoms with E-state index in [4.69, 9.17) is 0 Å². The summed E-state index contributed by atoms with van der Waals surface area (Å²) in [6, 6.07) is 8.26. The van der Waals surface area contributed by atoms with E-state index in [9.17, 15) is 20.4 Å². The Hall–Kier alpha value is -3.06. The predicted molar refractivity (Wildman–Crippen MR) is 99.3 cm³/mol. The van der Waals surface area contributed by atoms with Crippen molar-refractivity contribution in [3.63, 3.8) is 0 Å². The Bertz CT molecular complexity index is 1030. The van der Waals surface area contributed by atoms with Crippen LogP contribution in [0.1, 0.15) is 36.5 Å². The smallest absolute Gasteiger partial charge is 0.319 e. The first kappa shape index (κ1) is 17.4. The zero-order valence-corrected chi connectivity index (χ0v) is 15.1. The van der Waals surface area contributed by atoms with E-state index < -0.39 is 0 Å². The SMILES string of the molecule is CC(C)c1cc(-c2nnc(O)n2-c2ccc3c(c2)CC(O)C3)c(O)cc1O. The van der Waals surface area contributed by atoms with Gasteiger partial charge >= 0.3 is 6.01 Å². The molecule has 0 aliphatic heterocycles. The fourth-order valence-electron chi connectivity index (χ4n) is 3.64. The second-order valence-electron chi connectivity index (χ2n) is 7.26. The van der Waals surface area contributed by atoms with E-state index in [0.29, 0.717) is 29.7 Å². The average Bonchev–Trinajstić information content (AvgIpc) is 3.15. The van der Waals surface area contributed by atoms with Crippen molar-refractivity contribution < 1.29 is 20.4 Å². The number of nitrogens with zero attached hydrogens (tertiary/aromatic N) is 3. The van der Waals surface area contributed by atoms with Crippen molar-refractivity contribution in [3.05, 3.63) is 47.0 Å². The summed E-state index contributed by atoms with van der Waals surface area (Å²) in [5, 5.41) is 48.4. The number of rotatable bonds is 3. The highest BCUT2D eigenvalue weighted by molar-refractivity contribution is 5.70. The standard InChI is InChI=1S/C20H21N3O4/c1-10(2)15-8-16(18(26)9-17(15)25)19-21-22-20(27)23(19)13-4-3-11-6-14(24)7-12(11)5-13/h3-5,8-10,14,24-26H,6-7H2,1-2H3,(H,22,27). The molecule has 0 fully saturated rings. The zero-order valence-electron chi connectivity index (χ0n) is 15.1. The second-order valence-corrected chi connectivity index (χ2v) is 7.26. The van der Waals surface area contributed by atoms with Crippen molar-refractivity contribution in [1.82, 2.24) is 14.8 Å². The Morgan fingerprint density at radius 2 is 1.70 bits per heavy atom. The number of aliphatic hydroxyl groups is 1. The highest BCUT2D eigenvalue weighted by Crippen LogP contribution is 2.39. The molecule has 0 saturated carbocycles. The molecule has 140 valence electrons. The van der Waals surface area contributed by atoms with E-state index in [1.165, 1.54) is 10.6 Å². The molecule has 0 saturated heterocycles. The Balaban J connectivity index is 1.87. The van der Waals surface area contributed by atoms with Crippen LogP contribution in [0.15, 0.2) is 30.3 Å². The van der Waals surface area contributed by atoms with E-state index in [1.54, 1.807) is 6.07 Å². The van der Waals surface area contributed by atoms with Crippen LogP contribution in [0.4, 0.5) is 0 Å². The number of benzene rings is 2. The average molecular weight is 367 g/mol. The summed E-state index contributed by atoms with van der Waals surface area (Å²) < 4.78 is 1.45. The van der Waals surface area contributed by atoms with Crippen LogP contribution in [-0.4, -0.2) is 41.3 Å². The fraction of sp³-hybridized carbons (Fsp3) is 0.300. The summed E-state index contributed by atoms with van der Waals surface area (Å²) in [7, 11) is 0. The minimum absolute atomic E-state index is 0.00746. The summed E-state index contributed by atoms with van der Waals surface area (Å²) in [4.78, 5) is 0. The number of aliphatic hydroxyl groups excluding tert-OH is 1. The molecule has 4 N–H and O–H groups in total. The molecule has 2 aromatic carbocycles. The zero-order chi connectivity index (χ0) is 19.3. The summed E-state index contributed by atoms with van der Waals surface area (Å²) >= 11 is 0. The molecule has 1 aromatic heterocycles. The fourth-order valence-corrected chi connectivity index (χ4v) is 3.64. The van der Waals surface area contributed by atoms with Gasteiger partial charge < -0.3 is 20.4 Å². The highest BCUT2D eigenvalue weighted by Gasteiger charge is 2.23. The molecule has 1 aliphatic carbocycles. The maximum atomic E-state index is 10.4. The van der Waals surface area contributed by atoms with Crippen LogP contribution >= 0.6 is 0 Å². The first-order valence-corrected chi connectivity index (χ1v) is 8.86. The molecule has 7 nitrogen and oxygen atoms in total. The molecular formula is C20H21N3O4. The van der Waals surface area contributed by atoms with E-state index in [1.807, 2.05) is 32.0 Å². The number of phenols is 2. The first-order valence-electron chi connectivity index (χ1n) is 8.86. The van der Waals surface area contributed by atoms with Gasteiger partial charge in [0.25, 0.3) is 0 Å². The minimum atomic E-state index is -0.390. The van der Waals surface area contributed by atoms with Gasteiger partial charge in [0, 0.05) is 6.07 Å². The van der Waals surface area contributed by atoms with Crippen LogP contribution in [0.3, 0.4) is 0 Å². The Morgan fingerprint density at radius 1 is 0.963 bits per heavy atom. The molecule has 27 heavy (non-hydrogen) atoms. The number of phenolic OH excluding ortho intramolecular Hbond substituents is 2. The molecule has 0 amide bonds. The lowest BCUT2D eigenvalue weighted by atomic mass is 9.98. The molecule has 0 spiro atoms. The second kappa shape index (κ2) is 6.28. The summed E-state index contributed by atoms with van der Waals surface area (Å²) in [5.74, 6) is 0.163. The van der Waals surface area contributed by atoms with Gasteiger partial charge in [0.05, 0.1) is 17.4 Å². The van der Waals surface area contributed by atoms with E-state index >= 15 is 0 Å². The Kier molecular flexibility index (Phi) is 4.04. The van der Waals surface area contributed by atoms with Crippen LogP contribution in [-0.2, 0) is 12.8 Å². The van der Waals surface area contributed by atoms with Crippen LogP contribution in [0, 0.1) is 0 Å². The van der Waals surface area contributed by atoms with Crippen LogP contribution < -0.4 is 0 Å². The number of fused-ring (bicyclic) bond motifs is 1. The highest BCUT2D eigenvalue weighted by atomic mass is 16.3. The lowest BCUT2D eigenvalue weighted by Gasteiger charge is -2.14. The molecule has 1 aliphatic rings. The van der Waals surface area contributed by atoms with Crippen LogP contribution in [0.25, 0.3) is 17.1 Å². The van der Waals surface area contributed by atoms with Gasteiger partial charge in [0.15, 0.2) is 5.82 Å². The van der Waals surface area contributed by atoms with Gasteiger partial charge in [-0.3, -0.25) is 0 Å². The molecule has 1 atom stereocenters. The molecule has 0 bridgehead atoms. The number of hydrogen-bond donors (Lipinski definition) is 4.